The van der Waals surface area contributed by atoms with Crippen molar-refractivity contribution < 1.29 is 9.53 Å². The fourth-order valence-electron chi connectivity index (χ4n) is 9.48. The number of hydrogen-bond donors (Lipinski definition) is 0. The monoisotopic (exact) mass is 415 g/mol. The molecule has 0 aromatic carbocycles. The molecule has 1 amide bonds. The lowest BCUT2D eigenvalue weighted by Crippen LogP contribution is -2.55. The molecule has 8 atom stereocenters. The van der Waals surface area contributed by atoms with E-state index in [1.807, 2.05) is 4.90 Å². The summed E-state index contributed by atoms with van der Waals surface area (Å²) in [5.74, 6) is 5.58. The van der Waals surface area contributed by atoms with E-state index < -0.39 is 0 Å². The Morgan fingerprint density at radius 2 is 1.73 bits per heavy atom. The summed E-state index contributed by atoms with van der Waals surface area (Å²) in [7, 11) is 0. The van der Waals surface area contributed by atoms with E-state index in [4.69, 9.17) is 4.74 Å². The number of ether oxygens (including phenoxy) is 1. The van der Waals surface area contributed by atoms with Crippen molar-refractivity contribution in [2.45, 2.75) is 97.8 Å². The molecule has 1 aliphatic heterocycles. The zero-order chi connectivity index (χ0) is 20.9. The lowest BCUT2D eigenvalue weighted by atomic mass is 9.42. The Balaban J connectivity index is 1.27. The predicted octanol–water partition coefficient (Wildman–Crippen LogP) is 6.90. The second-order valence-corrected chi connectivity index (χ2v) is 12.2. The zero-order valence-corrected chi connectivity index (χ0v) is 19.8. The SMILES string of the molecule is CC[C@H]1CC2C3CCC(CCOC(=O)N4CCC4)C3(C)CC[C@@H]2C2(C)CCCCC12. The lowest BCUT2D eigenvalue weighted by Gasteiger charge is -2.62. The molecule has 0 aromatic heterocycles. The molecule has 0 bridgehead atoms. The fraction of sp³-hybridized carbons (Fsp3) is 0.963. The van der Waals surface area contributed by atoms with Crippen LogP contribution < -0.4 is 0 Å². The summed E-state index contributed by atoms with van der Waals surface area (Å²) in [6.45, 7) is 10.2. The highest BCUT2D eigenvalue weighted by Crippen LogP contribution is 2.69. The van der Waals surface area contributed by atoms with Crippen LogP contribution in [0.25, 0.3) is 0 Å². The van der Waals surface area contributed by atoms with Crippen molar-refractivity contribution in [2.24, 2.45) is 46.3 Å². The summed E-state index contributed by atoms with van der Waals surface area (Å²) in [5, 5.41) is 0. The number of carbonyl (C=O) groups is 1. The van der Waals surface area contributed by atoms with Crippen molar-refractivity contribution in [3.05, 3.63) is 0 Å². The van der Waals surface area contributed by atoms with E-state index in [2.05, 4.69) is 20.8 Å². The number of amides is 1. The van der Waals surface area contributed by atoms with Gasteiger partial charge in [-0.15, -0.1) is 0 Å². The third-order valence-electron chi connectivity index (χ3n) is 11.3. The standard InChI is InChI=1S/C27H45NO2/c1-4-19-18-21-23-10-9-20(12-17-30-25(29)28-15-7-16-28)26(23,2)14-11-24(21)27(3)13-6-5-8-22(19)27/h19-24H,4-18H2,1-3H3/t19-,20?,21?,22?,23?,24-,26?,27?/m0/s1. The minimum atomic E-state index is -0.0704. The van der Waals surface area contributed by atoms with Gasteiger partial charge in [-0.2, -0.15) is 0 Å². The van der Waals surface area contributed by atoms with Crippen LogP contribution in [0.5, 0.6) is 0 Å². The average molecular weight is 416 g/mol. The summed E-state index contributed by atoms with van der Waals surface area (Å²) in [4.78, 5) is 13.9. The van der Waals surface area contributed by atoms with Gasteiger partial charge >= 0.3 is 6.09 Å². The first-order valence-corrected chi connectivity index (χ1v) is 13.4. The third kappa shape index (κ3) is 3.24. The molecule has 5 fully saturated rings. The molecule has 170 valence electrons. The number of rotatable bonds is 4. The largest absolute Gasteiger partial charge is 0.449 e. The van der Waals surface area contributed by atoms with Crippen LogP contribution in [0, 0.1) is 46.3 Å². The second-order valence-electron chi connectivity index (χ2n) is 12.2. The maximum absolute atomic E-state index is 12.1. The van der Waals surface area contributed by atoms with Crippen LogP contribution in [-0.4, -0.2) is 30.7 Å². The van der Waals surface area contributed by atoms with Gasteiger partial charge in [0.25, 0.3) is 0 Å². The van der Waals surface area contributed by atoms with Gasteiger partial charge in [-0.1, -0.05) is 40.0 Å². The molecule has 1 heterocycles. The van der Waals surface area contributed by atoms with Crippen LogP contribution in [0.2, 0.25) is 0 Å². The van der Waals surface area contributed by atoms with Crippen LogP contribution in [-0.2, 0) is 4.74 Å². The summed E-state index contributed by atoms with van der Waals surface area (Å²) >= 11 is 0. The van der Waals surface area contributed by atoms with Crippen LogP contribution in [0.1, 0.15) is 97.8 Å². The van der Waals surface area contributed by atoms with E-state index in [9.17, 15) is 4.79 Å². The fourth-order valence-corrected chi connectivity index (χ4v) is 9.48. The van der Waals surface area contributed by atoms with E-state index in [0.29, 0.717) is 17.4 Å². The van der Waals surface area contributed by atoms with Crippen LogP contribution >= 0.6 is 0 Å². The van der Waals surface area contributed by atoms with E-state index in [1.54, 1.807) is 0 Å². The smallest absolute Gasteiger partial charge is 0.409 e. The Morgan fingerprint density at radius 1 is 0.933 bits per heavy atom. The molecule has 5 rings (SSSR count). The zero-order valence-electron chi connectivity index (χ0n) is 19.8. The normalized spacial score (nSPS) is 47.6. The van der Waals surface area contributed by atoms with Crippen molar-refractivity contribution in [1.29, 1.82) is 0 Å². The van der Waals surface area contributed by atoms with Crippen molar-refractivity contribution >= 4 is 6.09 Å². The van der Waals surface area contributed by atoms with Gasteiger partial charge in [-0.25, -0.2) is 4.79 Å². The number of carbonyl (C=O) groups excluding carboxylic acids is 1. The number of likely N-dealkylation sites (tertiary alicyclic amines) is 1. The summed E-state index contributed by atoms with van der Waals surface area (Å²) in [6, 6.07) is 0. The molecular weight excluding hydrogens is 370 g/mol. The minimum Gasteiger partial charge on any atom is -0.449 e. The van der Waals surface area contributed by atoms with Crippen molar-refractivity contribution in [1.82, 2.24) is 4.90 Å². The first-order chi connectivity index (χ1) is 14.5. The lowest BCUT2D eigenvalue weighted by molar-refractivity contribution is -0.136. The highest BCUT2D eigenvalue weighted by molar-refractivity contribution is 5.68. The Kier molecular flexibility index (Phi) is 5.63. The molecule has 4 saturated carbocycles. The van der Waals surface area contributed by atoms with Gasteiger partial charge in [-0.3, -0.25) is 0 Å². The molecular formula is C27H45NO2. The quantitative estimate of drug-likeness (QED) is 0.499. The maximum Gasteiger partial charge on any atom is 0.409 e. The highest BCUT2D eigenvalue weighted by Gasteiger charge is 2.61. The molecule has 3 heteroatoms. The van der Waals surface area contributed by atoms with E-state index in [-0.39, 0.29) is 6.09 Å². The van der Waals surface area contributed by atoms with Gasteiger partial charge in [0.15, 0.2) is 0 Å². The highest BCUT2D eigenvalue weighted by atomic mass is 16.6. The Labute approximate surface area is 184 Å². The van der Waals surface area contributed by atoms with Gasteiger partial charge in [0.2, 0.25) is 0 Å². The van der Waals surface area contributed by atoms with Crippen molar-refractivity contribution in [3.8, 4) is 0 Å². The van der Waals surface area contributed by atoms with Crippen molar-refractivity contribution in [3.63, 3.8) is 0 Å². The van der Waals surface area contributed by atoms with E-state index in [0.717, 1.165) is 61.4 Å². The van der Waals surface area contributed by atoms with Gasteiger partial charge in [-0.05, 0) is 104 Å². The Bertz CT molecular complexity index is 645. The Hall–Kier alpha value is -0.730. The van der Waals surface area contributed by atoms with Gasteiger partial charge in [0.1, 0.15) is 0 Å². The van der Waals surface area contributed by atoms with Crippen LogP contribution in [0.15, 0.2) is 0 Å². The molecule has 0 spiro atoms. The van der Waals surface area contributed by atoms with Crippen LogP contribution in [0.3, 0.4) is 0 Å². The molecule has 0 N–H and O–H groups in total. The maximum atomic E-state index is 12.1. The number of nitrogens with zero attached hydrogens (tertiary/aromatic N) is 1. The number of fused-ring (bicyclic) bond motifs is 5. The molecule has 4 aliphatic carbocycles. The molecule has 0 aromatic rings. The predicted molar refractivity (Wildman–Crippen MR) is 121 cm³/mol. The summed E-state index contributed by atoms with van der Waals surface area (Å²) < 4.78 is 5.65. The van der Waals surface area contributed by atoms with Crippen LogP contribution in [0.4, 0.5) is 4.79 Å². The minimum absolute atomic E-state index is 0.0704. The number of hydrogen-bond acceptors (Lipinski definition) is 2. The first-order valence-electron chi connectivity index (χ1n) is 13.4. The van der Waals surface area contributed by atoms with E-state index >= 15 is 0 Å². The molecule has 6 unspecified atom stereocenters. The molecule has 3 nitrogen and oxygen atoms in total. The topological polar surface area (TPSA) is 29.5 Å². The second kappa shape index (κ2) is 8.00. The first kappa shape index (κ1) is 21.1. The third-order valence-corrected chi connectivity index (χ3v) is 11.3. The van der Waals surface area contributed by atoms with Crippen molar-refractivity contribution in [2.75, 3.05) is 19.7 Å². The summed E-state index contributed by atoms with van der Waals surface area (Å²) in [5.41, 5.74) is 1.11. The van der Waals surface area contributed by atoms with Gasteiger partial charge < -0.3 is 9.64 Å². The van der Waals surface area contributed by atoms with Gasteiger partial charge in [0.05, 0.1) is 6.61 Å². The molecule has 1 saturated heterocycles. The molecule has 30 heavy (non-hydrogen) atoms. The molecule has 5 aliphatic rings. The van der Waals surface area contributed by atoms with E-state index in [1.165, 1.54) is 64.2 Å². The average Bonchev–Trinajstić information content (AvgIpc) is 3.02. The summed E-state index contributed by atoms with van der Waals surface area (Å²) in [6.07, 6.45) is 16.7. The Morgan fingerprint density at radius 3 is 2.47 bits per heavy atom. The molecule has 0 radical (unpaired) electrons. The van der Waals surface area contributed by atoms with Gasteiger partial charge in [0, 0.05) is 13.1 Å².